The molecular weight excluding hydrogens is 338 g/mol. The summed E-state index contributed by atoms with van der Waals surface area (Å²) in [6.45, 7) is 8.50. The summed E-state index contributed by atoms with van der Waals surface area (Å²) in [5.41, 5.74) is 1.14. The molecule has 136 valence electrons. The van der Waals surface area contributed by atoms with Gasteiger partial charge < -0.3 is 14.0 Å². The summed E-state index contributed by atoms with van der Waals surface area (Å²) in [4.78, 5) is 6.46. The zero-order valence-electron chi connectivity index (χ0n) is 14.9. The molecule has 0 aliphatic carbocycles. The number of hydrogen-bond acceptors (Lipinski definition) is 4. The summed E-state index contributed by atoms with van der Waals surface area (Å²) in [5, 5.41) is 0.745. The molecule has 25 heavy (non-hydrogen) atoms. The van der Waals surface area contributed by atoms with Crippen molar-refractivity contribution in [2.75, 3.05) is 19.7 Å². The Morgan fingerprint density at radius 3 is 2.80 bits per heavy atom. The second-order valence-electron chi connectivity index (χ2n) is 6.71. The van der Waals surface area contributed by atoms with Crippen LogP contribution in [0.5, 0.6) is 5.75 Å². The van der Waals surface area contributed by atoms with Crippen molar-refractivity contribution in [1.82, 2.24) is 14.5 Å². The quantitative estimate of drug-likeness (QED) is 0.704. The molecule has 6 heteroatoms. The SMILES string of the molecule is C[C@@H]1CN(Cc2cc(Cl)ccc2OCCCn2ccnc2)C[C@H](C)O1. The summed E-state index contributed by atoms with van der Waals surface area (Å²) < 4.78 is 13.9. The van der Waals surface area contributed by atoms with E-state index in [2.05, 4.69) is 28.3 Å². The van der Waals surface area contributed by atoms with Gasteiger partial charge in [0, 0.05) is 49.2 Å². The Kier molecular flexibility index (Phi) is 6.34. The molecule has 1 saturated heterocycles. The first kappa shape index (κ1) is 18.2. The molecule has 5 nitrogen and oxygen atoms in total. The van der Waals surface area contributed by atoms with Crippen LogP contribution in [0, 0.1) is 0 Å². The van der Waals surface area contributed by atoms with E-state index in [1.165, 1.54) is 0 Å². The van der Waals surface area contributed by atoms with Gasteiger partial charge in [-0.15, -0.1) is 0 Å². The number of aryl methyl sites for hydroxylation is 1. The zero-order chi connectivity index (χ0) is 17.6. The number of ether oxygens (including phenoxy) is 2. The maximum atomic E-state index is 6.21. The van der Waals surface area contributed by atoms with E-state index >= 15 is 0 Å². The number of hydrogen-bond donors (Lipinski definition) is 0. The number of benzene rings is 1. The number of rotatable bonds is 7. The van der Waals surface area contributed by atoms with Gasteiger partial charge in [0.25, 0.3) is 0 Å². The lowest BCUT2D eigenvalue weighted by Crippen LogP contribution is -2.44. The average molecular weight is 364 g/mol. The van der Waals surface area contributed by atoms with Gasteiger partial charge in [0.1, 0.15) is 5.75 Å². The van der Waals surface area contributed by atoms with Gasteiger partial charge in [-0.3, -0.25) is 4.90 Å². The van der Waals surface area contributed by atoms with E-state index < -0.39 is 0 Å². The van der Waals surface area contributed by atoms with Crippen LogP contribution in [0.25, 0.3) is 0 Å². The van der Waals surface area contributed by atoms with E-state index in [0.717, 1.165) is 48.9 Å². The number of nitrogens with zero attached hydrogens (tertiary/aromatic N) is 3. The zero-order valence-corrected chi connectivity index (χ0v) is 15.7. The molecule has 0 saturated carbocycles. The standard InChI is InChI=1S/C19H26ClN3O2/c1-15-11-23(12-16(2)25-15)13-17-10-18(20)4-5-19(17)24-9-3-7-22-8-6-21-14-22/h4-6,8,10,14-16H,3,7,9,11-13H2,1-2H3/t15-,16+. The molecule has 2 atom stereocenters. The topological polar surface area (TPSA) is 39.5 Å². The fraction of sp³-hybridized carbons (Fsp3) is 0.526. The van der Waals surface area contributed by atoms with Crippen LogP contribution in [0.4, 0.5) is 0 Å². The second-order valence-corrected chi connectivity index (χ2v) is 7.14. The molecule has 2 heterocycles. The molecule has 0 amide bonds. The molecule has 1 aromatic carbocycles. The van der Waals surface area contributed by atoms with Crippen molar-refractivity contribution in [2.24, 2.45) is 0 Å². The summed E-state index contributed by atoms with van der Waals surface area (Å²) in [6, 6.07) is 5.88. The van der Waals surface area contributed by atoms with Gasteiger partial charge in [-0.05, 0) is 38.5 Å². The normalized spacial score (nSPS) is 21.4. The van der Waals surface area contributed by atoms with Crippen LogP contribution in [0.15, 0.2) is 36.9 Å². The first-order valence-electron chi connectivity index (χ1n) is 8.85. The first-order valence-corrected chi connectivity index (χ1v) is 9.22. The fourth-order valence-corrected chi connectivity index (χ4v) is 3.51. The summed E-state index contributed by atoms with van der Waals surface area (Å²) in [6.07, 6.45) is 7.03. The van der Waals surface area contributed by atoms with Gasteiger partial charge >= 0.3 is 0 Å². The molecule has 0 radical (unpaired) electrons. The Morgan fingerprint density at radius 2 is 2.08 bits per heavy atom. The average Bonchev–Trinajstić information content (AvgIpc) is 3.05. The van der Waals surface area contributed by atoms with E-state index in [1.54, 1.807) is 6.20 Å². The molecule has 1 aromatic heterocycles. The molecule has 0 unspecified atom stereocenters. The van der Waals surface area contributed by atoms with Crippen LogP contribution in [-0.4, -0.2) is 46.4 Å². The molecule has 2 aromatic rings. The summed E-state index contributed by atoms with van der Waals surface area (Å²) >= 11 is 6.21. The molecule has 0 spiro atoms. The van der Waals surface area contributed by atoms with Crippen molar-refractivity contribution in [3.05, 3.63) is 47.5 Å². The molecule has 3 rings (SSSR count). The molecule has 0 N–H and O–H groups in total. The molecule has 1 aliphatic rings. The number of aromatic nitrogens is 2. The van der Waals surface area contributed by atoms with E-state index in [9.17, 15) is 0 Å². The maximum Gasteiger partial charge on any atom is 0.123 e. The van der Waals surface area contributed by atoms with Crippen molar-refractivity contribution in [2.45, 2.75) is 45.6 Å². The third-order valence-corrected chi connectivity index (χ3v) is 4.52. The summed E-state index contributed by atoms with van der Waals surface area (Å²) in [5.74, 6) is 0.918. The number of halogens is 1. The minimum absolute atomic E-state index is 0.252. The third kappa shape index (κ3) is 5.46. The highest BCUT2D eigenvalue weighted by Crippen LogP contribution is 2.26. The van der Waals surface area contributed by atoms with Crippen molar-refractivity contribution in [3.63, 3.8) is 0 Å². The minimum atomic E-state index is 0.252. The van der Waals surface area contributed by atoms with Crippen LogP contribution < -0.4 is 4.74 Å². The van der Waals surface area contributed by atoms with Crippen molar-refractivity contribution in [1.29, 1.82) is 0 Å². The predicted octanol–water partition coefficient (Wildman–Crippen LogP) is 3.61. The Hall–Kier alpha value is -1.56. The van der Waals surface area contributed by atoms with E-state index in [0.29, 0.717) is 6.61 Å². The Bertz CT molecular complexity index is 653. The van der Waals surface area contributed by atoms with Crippen molar-refractivity contribution < 1.29 is 9.47 Å². The number of imidazole rings is 1. The van der Waals surface area contributed by atoms with Crippen LogP contribution in [0.1, 0.15) is 25.8 Å². The van der Waals surface area contributed by atoms with Crippen LogP contribution in [-0.2, 0) is 17.8 Å². The van der Waals surface area contributed by atoms with E-state index in [1.807, 2.05) is 30.7 Å². The molecule has 1 fully saturated rings. The van der Waals surface area contributed by atoms with Gasteiger partial charge in [0.05, 0.1) is 25.1 Å². The van der Waals surface area contributed by atoms with Gasteiger partial charge in [0.15, 0.2) is 0 Å². The predicted molar refractivity (Wildman–Crippen MR) is 99.1 cm³/mol. The Balaban J connectivity index is 1.57. The van der Waals surface area contributed by atoms with Gasteiger partial charge in [0.2, 0.25) is 0 Å². The smallest absolute Gasteiger partial charge is 0.123 e. The number of morpholine rings is 1. The highest BCUT2D eigenvalue weighted by atomic mass is 35.5. The first-order chi connectivity index (χ1) is 12.1. The third-order valence-electron chi connectivity index (χ3n) is 4.29. The van der Waals surface area contributed by atoms with Crippen LogP contribution >= 0.6 is 11.6 Å². The molecular formula is C19H26ClN3O2. The minimum Gasteiger partial charge on any atom is -0.493 e. The van der Waals surface area contributed by atoms with Crippen LogP contribution in [0.3, 0.4) is 0 Å². The van der Waals surface area contributed by atoms with Gasteiger partial charge in [-0.1, -0.05) is 11.6 Å². The van der Waals surface area contributed by atoms with Crippen molar-refractivity contribution in [3.8, 4) is 5.75 Å². The van der Waals surface area contributed by atoms with Gasteiger partial charge in [-0.25, -0.2) is 4.98 Å². The summed E-state index contributed by atoms with van der Waals surface area (Å²) in [7, 11) is 0. The lowest BCUT2D eigenvalue weighted by atomic mass is 10.1. The highest BCUT2D eigenvalue weighted by molar-refractivity contribution is 6.30. The molecule has 1 aliphatic heterocycles. The highest BCUT2D eigenvalue weighted by Gasteiger charge is 2.23. The van der Waals surface area contributed by atoms with Crippen LogP contribution in [0.2, 0.25) is 5.02 Å². The lowest BCUT2D eigenvalue weighted by Gasteiger charge is -2.35. The largest absolute Gasteiger partial charge is 0.493 e. The Morgan fingerprint density at radius 1 is 1.28 bits per heavy atom. The van der Waals surface area contributed by atoms with Crippen molar-refractivity contribution >= 4 is 11.6 Å². The monoisotopic (exact) mass is 363 g/mol. The van der Waals surface area contributed by atoms with E-state index in [4.69, 9.17) is 21.1 Å². The maximum absolute atomic E-state index is 6.21. The second kappa shape index (κ2) is 8.70. The molecule has 0 bridgehead atoms. The van der Waals surface area contributed by atoms with E-state index in [-0.39, 0.29) is 12.2 Å². The fourth-order valence-electron chi connectivity index (χ4n) is 3.32. The lowest BCUT2D eigenvalue weighted by molar-refractivity contribution is -0.0706. The Labute approximate surface area is 154 Å². The van der Waals surface area contributed by atoms with Gasteiger partial charge in [-0.2, -0.15) is 0 Å².